The van der Waals surface area contributed by atoms with Crippen LogP contribution in [0.2, 0.25) is 0 Å². The molecule has 2 N–H and O–H groups in total. The van der Waals surface area contributed by atoms with E-state index in [2.05, 4.69) is 11.3 Å². The zero-order valence-corrected chi connectivity index (χ0v) is 12.0. The Labute approximate surface area is 109 Å². The van der Waals surface area contributed by atoms with E-state index in [4.69, 9.17) is 32.7 Å². The normalized spacial score (nSPS) is 26.9. The number of halogens is 2. The first kappa shape index (κ1) is 14.5. The zero-order chi connectivity index (χ0) is 13.2. The molecule has 2 atom stereocenters. The molecular formula is C6H7Cl2GeNO7. The van der Waals surface area contributed by atoms with Crippen LogP contribution in [0.3, 0.4) is 0 Å². The fourth-order valence-electron chi connectivity index (χ4n) is 1.02. The summed E-state index contributed by atoms with van der Waals surface area (Å²) >= 11 is 4.99. The molecule has 0 bridgehead atoms. The van der Waals surface area contributed by atoms with E-state index in [9.17, 15) is 14.4 Å². The van der Waals surface area contributed by atoms with Crippen LogP contribution < -0.4 is 5.73 Å². The van der Waals surface area contributed by atoms with Gasteiger partial charge in [-0.15, -0.1) is 0 Å². The Balaban J connectivity index is 2.94. The average molecular weight is 349 g/mol. The van der Waals surface area contributed by atoms with Crippen LogP contribution in [0.15, 0.2) is 0 Å². The monoisotopic (exact) mass is 349 g/mol. The van der Waals surface area contributed by atoms with Crippen molar-refractivity contribution in [3.8, 4) is 0 Å². The van der Waals surface area contributed by atoms with Gasteiger partial charge >= 0.3 is 109 Å². The minimum atomic E-state index is -4.94. The standard InChI is InChI=1S/C6H7Cl2GeNO7/c1-2-3(10)4(11)15-9(14-2,16-5(7)12)17-6(8)13/h2-3H,10H2,1H3. The molecule has 0 aromatic rings. The molecule has 1 aliphatic rings. The van der Waals surface area contributed by atoms with E-state index in [1.807, 2.05) is 0 Å². The second-order valence-corrected chi connectivity index (χ2v) is 7.44. The van der Waals surface area contributed by atoms with Crippen molar-refractivity contribution >= 4 is 54.6 Å². The van der Waals surface area contributed by atoms with Crippen LogP contribution in [-0.2, 0) is 19.8 Å². The second-order valence-electron chi connectivity index (χ2n) is 2.95. The van der Waals surface area contributed by atoms with E-state index in [0.717, 1.165) is 0 Å². The van der Waals surface area contributed by atoms with Gasteiger partial charge in [0, 0.05) is 0 Å². The van der Waals surface area contributed by atoms with Crippen LogP contribution in [0.4, 0.5) is 9.59 Å². The maximum absolute atomic E-state index is 11.3. The van der Waals surface area contributed by atoms with Gasteiger partial charge in [0.05, 0.1) is 0 Å². The van der Waals surface area contributed by atoms with E-state index in [1.165, 1.54) is 6.92 Å². The summed E-state index contributed by atoms with van der Waals surface area (Å²) in [7, 11) is 0. The zero-order valence-electron chi connectivity index (χ0n) is 8.35. The molecule has 11 heteroatoms. The van der Waals surface area contributed by atoms with Crippen LogP contribution in [0.25, 0.3) is 0 Å². The van der Waals surface area contributed by atoms with Gasteiger partial charge in [-0.1, -0.05) is 0 Å². The van der Waals surface area contributed by atoms with Crippen LogP contribution in [0.1, 0.15) is 6.92 Å². The summed E-state index contributed by atoms with van der Waals surface area (Å²) in [5.41, 5.74) is 2.69. The maximum atomic E-state index is 11.3. The molecule has 0 saturated carbocycles. The summed E-state index contributed by atoms with van der Waals surface area (Å²) in [4.78, 5) is 32.6. The first-order chi connectivity index (χ1) is 7.76. The molecule has 96 valence electrons. The summed E-state index contributed by atoms with van der Waals surface area (Å²) in [5.74, 6) is -0.931. The van der Waals surface area contributed by atoms with Crippen molar-refractivity contribution in [1.82, 2.24) is 0 Å². The molecular weight excluding hydrogens is 342 g/mol. The molecule has 0 amide bonds. The molecule has 8 nitrogen and oxygen atoms in total. The van der Waals surface area contributed by atoms with Crippen molar-refractivity contribution in [2.24, 2.45) is 5.73 Å². The fourth-order valence-corrected chi connectivity index (χ4v) is 5.45. The van der Waals surface area contributed by atoms with Crippen LogP contribution in [0.5, 0.6) is 0 Å². The number of rotatable bonds is 2. The van der Waals surface area contributed by atoms with E-state index < -0.39 is 43.6 Å². The molecule has 0 aliphatic carbocycles. The predicted molar refractivity (Wildman–Crippen MR) is 55.0 cm³/mol. The van der Waals surface area contributed by atoms with Crippen molar-refractivity contribution < 1.29 is 29.4 Å². The Bertz CT molecular complexity index is 348. The van der Waals surface area contributed by atoms with Crippen LogP contribution >= 0.6 is 23.2 Å². The van der Waals surface area contributed by atoms with Gasteiger partial charge in [0.2, 0.25) is 0 Å². The van der Waals surface area contributed by atoms with Gasteiger partial charge in [0.1, 0.15) is 0 Å². The van der Waals surface area contributed by atoms with E-state index in [0.29, 0.717) is 0 Å². The molecule has 0 aromatic carbocycles. The van der Waals surface area contributed by atoms with Crippen LogP contribution in [-0.4, -0.2) is 43.6 Å². The summed E-state index contributed by atoms with van der Waals surface area (Å²) < 4.78 is 18.6. The Hall–Kier alpha value is -0.547. The van der Waals surface area contributed by atoms with Gasteiger partial charge in [-0.2, -0.15) is 0 Å². The first-order valence-corrected chi connectivity index (χ1v) is 8.37. The first-order valence-electron chi connectivity index (χ1n) is 4.19. The third-order valence-corrected chi connectivity index (χ3v) is 6.60. The molecule has 1 heterocycles. The third-order valence-electron chi connectivity index (χ3n) is 1.74. The number of hydrogen-bond acceptors (Lipinski definition) is 8. The molecule has 1 rings (SSSR count). The topological polar surface area (TPSA) is 114 Å². The average Bonchev–Trinajstić information content (AvgIpc) is 2.11. The fraction of sp³-hybridized carbons (Fsp3) is 0.500. The Morgan fingerprint density at radius 1 is 1.35 bits per heavy atom. The molecule has 0 aromatic heterocycles. The number of carbonyl (C=O) groups excluding carboxylic acids is 3. The van der Waals surface area contributed by atoms with Gasteiger partial charge in [-0.25, -0.2) is 0 Å². The van der Waals surface area contributed by atoms with Crippen molar-refractivity contribution in [1.29, 1.82) is 0 Å². The molecule has 1 aliphatic heterocycles. The van der Waals surface area contributed by atoms with Crippen LogP contribution in [0, 0.1) is 0 Å². The predicted octanol–water partition coefficient (Wildman–Crippen LogP) is 0.462. The number of carbonyl (C=O) groups is 3. The molecule has 0 spiro atoms. The molecule has 17 heavy (non-hydrogen) atoms. The van der Waals surface area contributed by atoms with Gasteiger partial charge in [-0.05, 0) is 0 Å². The molecule has 0 radical (unpaired) electrons. The molecule has 1 saturated heterocycles. The van der Waals surface area contributed by atoms with Crippen molar-refractivity contribution in [3.63, 3.8) is 0 Å². The minimum absolute atomic E-state index is 0.872. The summed E-state index contributed by atoms with van der Waals surface area (Å²) in [6, 6.07) is -1.09. The number of nitrogens with two attached hydrogens (primary N) is 1. The summed E-state index contributed by atoms with van der Waals surface area (Å²) in [6.07, 6.45) is -0.872. The van der Waals surface area contributed by atoms with Crippen molar-refractivity contribution in [2.45, 2.75) is 19.1 Å². The number of hydrogen-bond donors (Lipinski definition) is 1. The SMILES string of the molecule is CC1[O][Ge]([O]C(=O)Cl)([O]C(=O)Cl)[O]C(=O)C1N. The second kappa shape index (κ2) is 5.40. The summed E-state index contributed by atoms with van der Waals surface area (Å²) in [6.45, 7) is 1.41. The van der Waals surface area contributed by atoms with Gasteiger partial charge < -0.3 is 0 Å². The van der Waals surface area contributed by atoms with Crippen molar-refractivity contribution in [2.75, 3.05) is 0 Å². The van der Waals surface area contributed by atoms with Gasteiger partial charge in [-0.3, -0.25) is 0 Å². The van der Waals surface area contributed by atoms with Crippen molar-refractivity contribution in [3.05, 3.63) is 0 Å². The quantitative estimate of drug-likeness (QED) is 0.565. The van der Waals surface area contributed by atoms with E-state index in [1.54, 1.807) is 0 Å². The summed E-state index contributed by atoms with van der Waals surface area (Å²) in [5, 5.41) is 0. The Morgan fingerprint density at radius 2 is 1.82 bits per heavy atom. The van der Waals surface area contributed by atoms with Gasteiger partial charge in [0.25, 0.3) is 0 Å². The van der Waals surface area contributed by atoms with Gasteiger partial charge in [0.15, 0.2) is 0 Å². The molecule has 2 unspecified atom stereocenters. The Kier molecular flexibility index (Phi) is 4.61. The van der Waals surface area contributed by atoms with E-state index in [-0.39, 0.29) is 0 Å². The Morgan fingerprint density at radius 3 is 2.18 bits per heavy atom. The van der Waals surface area contributed by atoms with E-state index >= 15 is 0 Å². The third kappa shape index (κ3) is 3.71. The molecule has 1 fully saturated rings.